The molecule has 6 rings (SSSR count). The number of carbonyl (C=O) groups is 2. The van der Waals surface area contributed by atoms with Crippen molar-refractivity contribution in [2.45, 2.75) is 62.9 Å². The maximum absolute atomic E-state index is 13.3. The van der Waals surface area contributed by atoms with Gasteiger partial charge in [-0.05, 0) is 55.2 Å². The summed E-state index contributed by atoms with van der Waals surface area (Å²) in [5.74, 6) is -0.883. The number of benzene rings is 1. The van der Waals surface area contributed by atoms with Gasteiger partial charge in [0.1, 0.15) is 12.2 Å². The Kier molecular flexibility index (Phi) is 5.72. The molecular formula is C30H36O7. The zero-order valence-electron chi connectivity index (χ0n) is 21.4. The minimum absolute atomic E-state index is 0.0204. The molecule has 7 heteroatoms. The highest BCUT2D eigenvalue weighted by atomic mass is 16.6. The van der Waals surface area contributed by atoms with Crippen LogP contribution in [0.15, 0.2) is 54.1 Å². The minimum Gasteiger partial charge on any atom is -0.393 e. The van der Waals surface area contributed by atoms with Gasteiger partial charge in [-0.2, -0.15) is 0 Å². The van der Waals surface area contributed by atoms with Crippen LogP contribution in [0.4, 0.5) is 0 Å². The number of allylic oxidation sites excluding steroid dienone is 4. The first-order chi connectivity index (χ1) is 17.6. The van der Waals surface area contributed by atoms with Gasteiger partial charge in [-0.25, -0.2) is 0 Å². The summed E-state index contributed by atoms with van der Waals surface area (Å²) in [5.41, 5.74) is -1.91. The van der Waals surface area contributed by atoms with Crippen molar-refractivity contribution in [3.05, 3.63) is 59.7 Å². The van der Waals surface area contributed by atoms with Crippen LogP contribution in [0.3, 0.4) is 0 Å². The van der Waals surface area contributed by atoms with Crippen molar-refractivity contribution in [2.24, 2.45) is 28.6 Å². The Morgan fingerprint density at radius 2 is 1.95 bits per heavy atom. The van der Waals surface area contributed by atoms with Gasteiger partial charge in [0.25, 0.3) is 0 Å². The Balaban J connectivity index is 1.33. The number of epoxide rings is 1. The van der Waals surface area contributed by atoms with E-state index >= 15 is 0 Å². The first-order valence-corrected chi connectivity index (χ1v) is 13.4. The number of carbonyl (C=O) groups excluding carboxylic acids is 2. The van der Waals surface area contributed by atoms with E-state index in [2.05, 4.69) is 6.92 Å². The molecule has 1 heterocycles. The molecule has 0 bridgehead atoms. The number of Topliss-reactive ketones (excluding diaryl/α,β-unsaturated/α-hetero) is 1. The van der Waals surface area contributed by atoms with E-state index in [-0.39, 0.29) is 36.6 Å². The summed E-state index contributed by atoms with van der Waals surface area (Å²) in [6.45, 7) is 3.87. The Bertz CT molecular complexity index is 1170. The molecule has 198 valence electrons. The van der Waals surface area contributed by atoms with E-state index < -0.39 is 46.6 Å². The zero-order valence-corrected chi connectivity index (χ0v) is 21.4. The smallest absolute Gasteiger partial charge is 0.192 e. The van der Waals surface area contributed by atoms with Gasteiger partial charge in [0.15, 0.2) is 17.2 Å². The summed E-state index contributed by atoms with van der Waals surface area (Å²) >= 11 is 0. The predicted octanol–water partition coefficient (Wildman–Crippen LogP) is 2.48. The van der Waals surface area contributed by atoms with Crippen LogP contribution < -0.4 is 0 Å². The topological polar surface area (TPSA) is 117 Å². The van der Waals surface area contributed by atoms with E-state index in [1.807, 2.05) is 43.3 Å². The van der Waals surface area contributed by atoms with Crippen molar-refractivity contribution in [1.82, 2.24) is 0 Å². The standard InChI is InChI=1S/C30H36O7/c1-27-11-10-20(32)12-19(27)8-9-21-22-13-25(36-16-29(17-37-29)18-6-4-3-5-7-18)30(35,24(34)15-31)28(22,2)14-23(33)26(21)27/h3-7,10-12,21-23,25-26,31,33,35H,8-9,13-17H2,1-2H3/t21-,22-,23?,25?,26+,27-,28-,29?,30+/m0/s1. The van der Waals surface area contributed by atoms with E-state index in [0.717, 1.165) is 24.0 Å². The summed E-state index contributed by atoms with van der Waals surface area (Å²) in [5, 5.41) is 33.6. The number of fused-ring (bicyclic) bond motifs is 5. The molecule has 1 saturated heterocycles. The molecule has 0 spiro atoms. The molecule has 0 aromatic heterocycles. The number of aliphatic hydroxyl groups is 3. The Morgan fingerprint density at radius 1 is 1.22 bits per heavy atom. The number of ether oxygens (including phenoxy) is 2. The van der Waals surface area contributed by atoms with E-state index in [1.165, 1.54) is 0 Å². The van der Waals surface area contributed by atoms with Gasteiger partial charge >= 0.3 is 0 Å². The average Bonchev–Trinajstić information content (AvgIpc) is 3.64. The molecule has 1 aliphatic heterocycles. The molecular weight excluding hydrogens is 472 g/mol. The summed E-state index contributed by atoms with van der Waals surface area (Å²) in [7, 11) is 0. The quantitative estimate of drug-likeness (QED) is 0.506. The molecule has 3 unspecified atom stereocenters. The molecule has 5 aliphatic rings. The average molecular weight is 509 g/mol. The third-order valence-corrected chi connectivity index (χ3v) is 10.6. The van der Waals surface area contributed by atoms with Crippen LogP contribution in [0.1, 0.15) is 45.1 Å². The lowest BCUT2D eigenvalue weighted by molar-refractivity contribution is -0.196. The van der Waals surface area contributed by atoms with Crippen LogP contribution in [0, 0.1) is 28.6 Å². The lowest BCUT2D eigenvalue weighted by Crippen LogP contribution is -2.64. The summed E-state index contributed by atoms with van der Waals surface area (Å²) in [6.07, 6.45) is 5.80. The fraction of sp³-hybridized carbons (Fsp3) is 0.600. The maximum Gasteiger partial charge on any atom is 0.192 e. The number of hydrogen-bond donors (Lipinski definition) is 3. The van der Waals surface area contributed by atoms with E-state index in [1.54, 1.807) is 12.2 Å². The molecule has 3 N–H and O–H groups in total. The van der Waals surface area contributed by atoms with Crippen molar-refractivity contribution in [2.75, 3.05) is 19.8 Å². The lowest BCUT2D eigenvalue weighted by atomic mass is 9.46. The number of rotatable bonds is 6. The maximum atomic E-state index is 13.3. The number of ketones is 2. The van der Waals surface area contributed by atoms with Gasteiger partial charge in [-0.1, -0.05) is 55.8 Å². The largest absolute Gasteiger partial charge is 0.393 e. The molecule has 1 aromatic carbocycles. The zero-order chi connectivity index (χ0) is 26.2. The lowest BCUT2D eigenvalue weighted by Gasteiger charge is -2.59. The summed E-state index contributed by atoms with van der Waals surface area (Å²) in [4.78, 5) is 25.3. The second-order valence-corrected chi connectivity index (χ2v) is 12.2. The third kappa shape index (κ3) is 3.44. The van der Waals surface area contributed by atoms with E-state index in [9.17, 15) is 24.9 Å². The molecule has 4 fully saturated rings. The first-order valence-electron chi connectivity index (χ1n) is 13.4. The molecule has 1 aromatic rings. The minimum atomic E-state index is -1.93. The Labute approximate surface area is 217 Å². The van der Waals surface area contributed by atoms with Crippen molar-refractivity contribution in [1.29, 1.82) is 0 Å². The van der Waals surface area contributed by atoms with Crippen LogP contribution in [0.25, 0.3) is 0 Å². The van der Waals surface area contributed by atoms with Crippen LogP contribution in [0.5, 0.6) is 0 Å². The summed E-state index contributed by atoms with van der Waals surface area (Å²) in [6, 6.07) is 9.78. The SMILES string of the molecule is C[C@]12C=CC(=O)C=C1CC[C@@H]1[C@@H]2C(O)C[C@@]2(C)[C@H]1CC(OCC1(c3ccccc3)CO1)[C@]2(O)C(=O)CO. The second-order valence-electron chi connectivity index (χ2n) is 12.2. The van der Waals surface area contributed by atoms with Crippen molar-refractivity contribution < 1.29 is 34.4 Å². The van der Waals surface area contributed by atoms with Crippen molar-refractivity contribution >= 4 is 11.6 Å². The van der Waals surface area contributed by atoms with E-state index in [4.69, 9.17) is 9.47 Å². The predicted molar refractivity (Wildman–Crippen MR) is 134 cm³/mol. The fourth-order valence-corrected chi connectivity index (χ4v) is 8.52. The second kappa shape index (κ2) is 8.42. The summed E-state index contributed by atoms with van der Waals surface area (Å²) < 4.78 is 12.2. The molecule has 37 heavy (non-hydrogen) atoms. The van der Waals surface area contributed by atoms with Gasteiger partial charge in [0.2, 0.25) is 0 Å². The van der Waals surface area contributed by atoms with Crippen LogP contribution in [0.2, 0.25) is 0 Å². The number of hydrogen-bond acceptors (Lipinski definition) is 7. The van der Waals surface area contributed by atoms with Gasteiger partial charge in [-0.3, -0.25) is 9.59 Å². The van der Waals surface area contributed by atoms with Gasteiger partial charge in [0, 0.05) is 16.7 Å². The molecule has 7 nitrogen and oxygen atoms in total. The number of aliphatic hydroxyl groups excluding tert-OH is 2. The van der Waals surface area contributed by atoms with E-state index in [0.29, 0.717) is 13.0 Å². The highest BCUT2D eigenvalue weighted by Gasteiger charge is 2.72. The Morgan fingerprint density at radius 3 is 2.62 bits per heavy atom. The molecule has 0 amide bonds. The molecule has 4 aliphatic carbocycles. The molecule has 9 atom stereocenters. The third-order valence-electron chi connectivity index (χ3n) is 10.6. The van der Waals surface area contributed by atoms with Crippen molar-refractivity contribution in [3.63, 3.8) is 0 Å². The van der Waals surface area contributed by atoms with Crippen LogP contribution in [-0.4, -0.2) is 64.5 Å². The van der Waals surface area contributed by atoms with Crippen LogP contribution >= 0.6 is 0 Å². The van der Waals surface area contributed by atoms with Gasteiger partial charge < -0.3 is 24.8 Å². The van der Waals surface area contributed by atoms with Gasteiger partial charge in [0.05, 0.1) is 25.4 Å². The normalized spacial score (nSPS) is 46.0. The highest BCUT2D eigenvalue weighted by molar-refractivity contribution is 6.01. The molecule has 0 radical (unpaired) electrons. The molecule has 3 saturated carbocycles. The van der Waals surface area contributed by atoms with Gasteiger partial charge in [-0.15, -0.1) is 0 Å². The van der Waals surface area contributed by atoms with Crippen LogP contribution in [-0.2, 0) is 24.7 Å². The Hall–Kier alpha value is -2.16. The fourth-order valence-electron chi connectivity index (χ4n) is 8.52. The highest BCUT2D eigenvalue weighted by Crippen LogP contribution is 2.67. The monoisotopic (exact) mass is 508 g/mol. The first kappa shape index (κ1) is 25.1. The van der Waals surface area contributed by atoms with Crippen molar-refractivity contribution in [3.8, 4) is 0 Å².